The van der Waals surface area contributed by atoms with Crippen molar-refractivity contribution in [3.63, 3.8) is 0 Å². The van der Waals surface area contributed by atoms with Gasteiger partial charge in [-0.15, -0.1) is 5.10 Å². The van der Waals surface area contributed by atoms with Crippen molar-refractivity contribution in [1.29, 1.82) is 0 Å². The van der Waals surface area contributed by atoms with Gasteiger partial charge in [-0.3, -0.25) is 4.79 Å². The number of aromatic nitrogens is 3. The summed E-state index contributed by atoms with van der Waals surface area (Å²) in [6, 6.07) is 20.2. The fraction of sp³-hybridized carbons (Fsp3) is 0.192. The van der Waals surface area contributed by atoms with Crippen LogP contribution in [0.1, 0.15) is 38.4 Å². The number of nitrogens with zero attached hydrogens (tertiary/aromatic N) is 3. The van der Waals surface area contributed by atoms with Gasteiger partial charge in [-0.25, -0.2) is 9.67 Å². The minimum absolute atomic E-state index is 0.139. The quantitative estimate of drug-likeness (QED) is 0.467. The Labute approximate surface area is 182 Å². The predicted molar refractivity (Wildman–Crippen MR) is 125 cm³/mol. The van der Waals surface area contributed by atoms with Gasteiger partial charge in [-0.05, 0) is 69.0 Å². The Kier molecular flexibility index (Phi) is 5.42. The summed E-state index contributed by atoms with van der Waals surface area (Å²) in [6.45, 7) is 10.1. The summed E-state index contributed by atoms with van der Waals surface area (Å²) in [7, 11) is 0. The van der Waals surface area contributed by atoms with Gasteiger partial charge in [0.05, 0.1) is 5.69 Å². The van der Waals surface area contributed by atoms with Crippen LogP contribution in [0, 0.1) is 34.6 Å². The van der Waals surface area contributed by atoms with Gasteiger partial charge in [-0.2, -0.15) is 0 Å². The van der Waals surface area contributed by atoms with E-state index in [4.69, 9.17) is 0 Å². The average Bonchev–Trinajstić information content (AvgIpc) is 3.18. The van der Waals surface area contributed by atoms with Gasteiger partial charge in [0.15, 0.2) is 5.82 Å². The van der Waals surface area contributed by atoms with Crippen molar-refractivity contribution in [1.82, 2.24) is 14.8 Å². The first-order valence-corrected chi connectivity index (χ1v) is 10.3. The van der Waals surface area contributed by atoms with Gasteiger partial charge in [-0.1, -0.05) is 54.1 Å². The fourth-order valence-corrected chi connectivity index (χ4v) is 3.68. The van der Waals surface area contributed by atoms with Crippen LogP contribution in [-0.2, 0) is 0 Å². The highest BCUT2D eigenvalue weighted by Gasteiger charge is 2.21. The van der Waals surface area contributed by atoms with E-state index >= 15 is 0 Å². The second-order valence-corrected chi connectivity index (χ2v) is 8.05. The Balaban J connectivity index is 1.83. The first-order valence-electron chi connectivity index (χ1n) is 10.3. The molecule has 1 N–H and O–H groups in total. The van der Waals surface area contributed by atoms with Crippen LogP contribution in [0.15, 0.2) is 60.7 Å². The summed E-state index contributed by atoms with van der Waals surface area (Å²) >= 11 is 0. The summed E-state index contributed by atoms with van der Waals surface area (Å²) < 4.78 is 1.77. The normalized spacial score (nSPS) is 10.9. The average molecular weight is 411 g/mol. The first-order chi connectivity index (χ1) is 14.8. The number of benzene rings is 3. The number of nitrogens with one attached hydrogen (secondary N) is 1. The number of aryl methyl sites for hydroxylation is 5. The zero-order valence-corrected chi connectivity index (χ0v) is 18.5. The fourth-order valence-electron chi connectivity index (χ4n) is 3.68. The highest BCUT2D eigenvalue weighted by molar-refractivity contribution is 6.02. The molecular weight excluding hydrogens is 384 g/mol. The molecule has 5 heteroatoms. The van der Waals surface area contributed by atoms with E-state index in [1.165, 1.54) is 0 Å². The molecule has 3 aromatic carbocycles. The highest BCUT2D eigenvalue weighted by Crippen LogP contribution is 2.26. The lowest BCUT2D eigenvalue weighted by atomic mass is 10.1. The van der Waals surface area contributed by atoms with Crippen molar-refractivity contribution in [2.24, 2.45) is 0 Å². The number of amides is 1. The summed E-state index contributed by atoms with van der Waals surface area (Å²) in [5, 5.41) is 7.64. The molecule has 0 aliphatic carbocycles. The topological polar surface area (TPSA) is 59.8 Å². The standard InChI is InChI=1S/C26H26N4O/c1-16-8-6-11-21(14-16)25-28-24(26(31)27-23-19(4)9-7-10-20(23)5)29-30(25)22-15-17(2)12-13-18(22)3/h6-15H,1-5H3,(H,27,31). The molecule has 0 bridgehead atoms. The number of anilines is 1. The van der Waals surface area contributed by atoms with Crippen molar-refractivity contribution in [2.75, 3.05) is 5.32 Å². The van der Waals surface area contributed by atoms with Crippen LogP contribution >= 0.6 is 0 Å². The van der Waals surface area contributed by atoms with Gasteiger partial charge in [0.1, 0.15) is 0 Å². The van der Waals surface area contributed by atoms with Crippen LogP contribution in [-0.4, -0.2) is 20.7 Å². The van der Waals surface area contributed by atoms with E-state index in [0.29, 0.717) is 5.82 Å². The van der Waals surface area contributed by atoms with Crippen molar-refractivity contribution in [3.8, 4) is 17.1 Å². The molecule has 0 saturated heterocycles. The maximum Gasteiger partial charge on any atom is 0.295 e. The molecule has 4 rings (SSSR count). The first kappa shape index (κ1) is 20.5. The van der Waals surface area contributed by atoms with Crippen LogP contribution in [0.5, 0.6) is 0 Å². The zero-order chi connectivity index (χ0) is 22.1. The Morgan fingerprint density at radius 2 is 1.48 bits per heavy atom. The second-order valence-electron chi connectivity index (χ2n) is 8.05. The third kappa shape index (κ3) is 4.12. The van der Waals surface area contributed by atoms with Crippen molar-refractivity contribution >= 4 is 11.6 Å². The van der Waals surface area contributed by atoms with E-state index in [2.05, 4.69) is 39.7 Å². The van der Waals surface area contributed by atoms with E-state index in [1.54, 1.807) is 4.68 Å². The molecule has 0 aliphatic heterocycles. The minimum atomic E-state index is -0.324. The third-order valence-corrected chi connectivity index (χ3v) is 5.40. The summed E-state index contributed by atoms with van der Waals surface area (Å²) in [5.41, 5.74) is 7.93. The monoisotopic (exact) mass is 410 g/mol. The van der Waals surface area contributed by atoms with Crippen LogP contribution in [0.2, 0.25) is 0 Å². The van der Waals surface area contributed by atoms with Crippen molar-refractivity contribution in [3.05, 3.63) is 94.3 Å². The van der Waals surface area contributed by atoms with Crippen LogP contribution in [0.25, 0.3) is 17.1 Å². The molecule has 0 radical (unpaired) electrons. The lowest BCUT2D eigenvalue weighted by Crippen LogP contribution is -2.16. The Morgan fingerprint density at radius 3 is 2.19 bits per heavy atom. The van der Waals surface area contributed by atoms with E-state index < -0.39 is 0 Å². The molecule has 0 aliphatic rings. The van der Waals surface area contributed by atoms with E-state index in [0.717, 1.165) is 44.8 Å². The molecule has 1 heterocycles. The van der Waals surface area contributed by atoms with Crippen molar-refractivity contribution in [2.45, 2.75) is 34.6 Å². The van der Waals surface area contributed by atoms with Crippen molar-refractivity contribution < 1.29 is 4.79 Å². The van der Waals surface area contributed by atoms with Gasteiger partial charge < -0.3 is 5.32 Å². The molecule has 4 aromatic rings. The zero-order valence-electron chi connectivity index (χ0n) is 18.5. The van der Waals surface area contributed by atoms with Gasteiger partial charge >= 0.3 is 0 Å². The molecule has 0 fully saturated rings. The lowest BCUT2D eigenvalue weighted by molar-refractivity contribution is 0.101. The molecule has 0 saturated carbocycles. The largest absolute Gasteiger partial charge is 0.319 e. The Hall–Kier alpha value is -3.73. The van der Waals surface area contributed by atoms with Crippen LogP contribution < -0.4 is 5.32 Å². The molecule has 1 amide bonds. The number of carbonyl (C=O) groups excluding carboxylic acids is 1. The second kappa shape index (κ2) is 8.19. The molecule has 1 aromatic heterocycles. The molecule has 156 valence electrons. The summed E-state index contributed by atoms with van der Waals surface area (Å²) in [4.78, 5) is 17.8. The van der Waals surface area contributed by atoms with Gasteiger partial charge in [0.2, 0.25) is 5.82 Å². The maximum absolute atomic E-state index is 13.1. The molecular formula is C26H26N4O. The third-order valence-electron chi connectivity index (χ3n) is 5.40. The smallest absolute Gasteiger partial charge is 0.295 e. The van der Waals surface area contributed by atoms with Gasteiger partial charge in [0.25, 0.3) is 5.91 Å². The number of para-hydroxylation sites is 1. The number of carbonyl (C=O) groups is 1. The molecule has 0 spiro atoms. The maximum atomic E-state index is 13.1. The molecule has 0 atom stereocenters. The van der Waals surface area contributed by atoms with E-state index in [1.807, 2.05) is 71.0 Å². The minimum Gasteiger partial charge on any atom is -0.319 e. The van der Waals surface area contributed by atoms with Gasteiger partial charge in [0, 0.05) is 11.3 Å². The Morgan fingerprint density at radius 1 is 0.806 bits per heavy atom. The van der Waals surface area contributed by atoms with Crippen LogP contribution in [0.3, 0.4) is 0 Å². The SMILES string of the molecule is Cc1cccc(-c2nc(C(=O)Nc3c(C)cccc3C)nn2-c2cc(C)ccc2C)c1. The highest BCUT2D eigenvalue weighted by atomic mass is 16.2. The molecule has 31 heavy (non-hydrogen) atoms. The summed E-state index contributed by atoms with van der Waals surface area (Å²) in [5.74, 6) is 0.458. The lowest BCUT2D eigenvalue weighted by Gasteiger charge is -2.10. The van der Waals surface area contributed by atoms with Crippen LogP contribution in [0.4, 0.5) is 5.69 Å². The predicted octanol–water partition coefficient (Wildman–Crippen LogP) is 5.73. The molecule has 5 nitrogen and oxygen atoms in total. The summed E-state index contributed by atoms with van der Waals surface area (Å²) in [6.07, 6.45) is 0. The number of hydrogen-bond donors (Lipinski definition) is 1. The van der Waals surface area contributed by atoms with E-state index in [9.17, 15) is 4.79 Å². The van der Waals surface area contributed by atoms with E-state index in [-0.39, 0.29) is 11.7 Å². The number of rotatable bonds is 4. The number of hydrogen-bond acceptors (Lipinski definition) is 3. The Bertz CT molecular complexity index is 1270. The molecule has 0 unspecified atom stereocenters.